The Bertz CT molecular complexity index is 249. The molecule has 0 aliphatic carbocycles. The minimum atomic E-state index is -1.34. The largest absolute Gasteiger partial charge is 0.580 e. The van der Waals surface area contributed by atoms with Gasteiger partial charge in [-0.1, -0.05) is 18.2 Å². The van der Waals surface area contributed by atoms with Crippen molar-refractivity contribution < 1.29 is 19.2 Å². The number of benzene rings is 1. The van der Waals surface area contributed by atoms with E-state index in [1.807, 2.05) is 6.07 Å². The molecule has 0 spiro atoms. The van der Waals surface area contributed by atoms with Crippen LogP contribution in [0.5, 0.6) is 5.75 Å². The number of carbonyl (C=O) groups is 1. The van der Waals surface area contributed by atoms with E-state index in [0.717, 1.165) is 0 Å². The standard InChI is InChI=1S/C7H7BO4/c9-7(10)12-8-11-6-4-2-1-3-5-6/h1-5,8H,(H,9,10). The molecule has 4 nitrogen and oxygen atoms in total. The highest BCUT2D eigenvalue weighted by atomic mass is 16.7. The van der Waals surface area contributed by atoms with Crippen molar-refractivity contribution in [2.75, 3.05) is 0 Å². The van der Waals surface area contributed by atoms with Crippen molar-refractivity contribution in [1.82, 2.24) is 0 Å². The molecule has 1 aromatic carbocycles. The fraction of sp³-hybridized carbons (Fsp3) is 0. The van der Waals surface area contributed by atoms with Crippen LogP contribution in [0, 0.1) is 0 Å². The second-order valence-corrected chi connectivity index (χ2v) is 1.99. The number of hydrogen-bond donors (Lipinski definition) is 1. The third-order valence-electron chi connectivity index (χ3n) is 1.15. The van der Waals surface area contributed by atoms with Gasteiger partial charge in [0.25, 0.3) is 0 Å². The van der Waals surface area contributed by atoms with E-state index >= 15 is 0 Å². The Balaban J connectivity index is 2.29. The normalized spacial score (nSPS) is 8.67. The van der Waals surface area contributed by atoms with Crippen molar-refractivity contribution in [3.63, 3.8) is 0 Å². The zero-order valence-corrected chi connectivity index (χ0v) is 6.27. The van der Waals surface area contributed by atoms with Crippen LogP contribution in [-0.4, -0.2) is 18.9 Å². The smallest absolute Gasteiger partial charge is 0.528 e. The number of rotatable bonds is 3. The molecule has 0 unspecified atom stereocenters. The molecule has 1 aromatic rings. The molecule has 0 radical (unpaired) electrons. The third kappa shape index (κ3) is 2.96. The fourth-order valence-corrected chi connectivity index (χ4v) is 0.665. The first-order chi connectivity index (χ1) is 5.79. The first-order valence-electron chi connectivity index (χ1n) is 3.32. The molecule has 0 aliphatic rings. The monoisotopic (exact) mass is 166 g/mol. The molecule has 5 heteroatoms. The van der Waals surface area contributed by atoms with Gasteiger partial charge < -0.3 is 14.4 Å². The second kappa shape index (κ2) is 4.28. The summed E-state index contributed by atoms with van der Waals surface area (Å²) in [6.45, 7) is 0. The Morgan fingerprint density at radius 1 is 1.33 bits per heavy atom. The Morgan fingerprint density at radius 3 is 2.58 bits per heavy atom. The summed E-state index contributed by atoms with van der Waals surface area (Å²) in [5, 5.41) is 8.09. The van der Waals surface area contributed by atoms with Crippen LogP contribution in [0.1, 0.15) is 0 Å². The molecule has 1 N–H and O–H groups in total. The van der Waals surface area contributed by atoms with E-state index in [-0.39, 0.29) is 7.69 Å². The van der Waals surface area contributed by atoms with Crippen LogP contribution in [0.2, 0.25) is 0 Å². The lowest BCUT2D eigenvalue weighted by molar-refractivity contribution is 0.141. The Hall–Kier alpha value is -1.65. The van der Waals surface area contributed by atoms with E-state index in [4.69, 9.17) is 9.76 Å². The topological polar surface area (TPSA) is 55.8 Å². The summed E-state index contributed by atoms with van der Waals surface area (Å²) in [4.78, 5) is 9.89. The molecule has 0 aliphatic heterocycles. The van der Waals surface area contributed by atoms with Gasteiger partial charge in [-0.2, -0.15) is 0 Å². The third-order valence-corrected chi connectivity index (χ3v) is 1.15. The summed E-state index contributed by atoms with van der Waals surface area (Å²) in [7, 11) is -0.278. The van der Waals surface area contributed by atoms with Gasteiger partial charge in [-0.25, -0.2) is 4.79 Å². The maximum Gasteiger partial charge on any atom is 0.580 e. The minimum absolute atomic E-state index is 0.278. The van der Waals surface area contributed by atoms with Crippen LogP contribution in [0.3, 0.4) is 0 Å². The molecular weight excluding hydrogens is 159 g/mol. The molecule has 0 atom stereocenters. The lowest BCUT2D eigenvalue weighted by Crippen LogP contribution is -2.11. The highest BCUT2D eigenvalue weighted by Gasteiger charge is 2.00. The van der Waals surface area contributed by atoms with Crippen molar-refractivity contribution in [2.45, 2.75) is 0 Å². The van der Waals surface area contributed by atoms with Crippen LogP contribution < -0.4 is 4.65 Å². The first kappa shape index (κ1) is 8.45. The molecule has 12 heavy (non-hydrogen) atoms. The molecule has 0 fully saturated rings. The van der Waals surface area contributed by atoms with Crippen LogP contribution >= 0.6 is 0 Å². The number of carboxylic acid groups (broad SMARTS) is 1. The highest BCUT2D eigenvalue weighted by Crippen LogP contribution is 2.06. The van der Waals surface area contributed by atoms with Gasteiger partial charge in [-0.15, -0.1) is 0 Å². The lowest BCUT2D eigenvalue weighted by atomic mass is 10.3. The van der Waals surface area contributed by atoms with Crippen molar-refractivity contribution in [1.29, 1.82) is 0 Å². The summed E-state index contributed by atoms with van der Waals surface area (Å²) in [5.74, 6) is 0.582. The fourth-order valence-electron chi connectivity index (χ4n) is 0.665. The molecule has 62 valence electrons. The van der Waals surface area contributed by atoms with Crippen LogP contribution in [-0.2, 0) is 4.65 Å². The summed E-state index contributed by atoms with van der Waals surface area (Å²) >= 11 is 0. The molecule has 1 rings (SSSR count). The quantitative estimate of drug-likeness (QED) is 0.681. The molecule has 0 heterocycles. The van der Waals surface area contributed by atoms with E-state index in [2.05, 4.69) is 4.65 Å². The predicted octanol–water partition coefficient (Wildman–Crippen LogP) is 1.03. The van der Waals surface area contributed by atoms with Gasteiger partial charge in [0.15, 0.2) is 0 Å². The van der Waals surface area contributed by atoms with Gasteiger partial charge in [-0.05, 0) is 12.1 Å². The van der Waals surface area contributed by atoms with Crippen molar-refractivity contribution in [2.24, 2.45) is 0 Å². The van der Waals surface area contributed by atoms with Crippen LogP contribution in [0.4, 0.5) is 4.79 Å². The van der Waals surface area contributed by atoms with Crippen LogP contribution in [0.25, 0.3) is 0 Å². The highest BCUT2D eigenvalue weighted by molar-refractivity contribution is 6.22. The maximum absolute atomic E-state index is 9.89. The molecule has 0 amide bonds. The second-order valence-electron chi connectivity index (χ2n) is 1.99. The van der Waals surface area contributed by atoms with Crippen molar-refractivity contribution >= 4 is 13.8 Å². The first-order valence-corrected chi connectivity index (χ1v) is 3.32. The van der Waals surface area contributed by atoms with Crippen LogP contribution in [0.15, 0.2) is 30.3 Å². The Labute approximate surface area is 70.0 Å². The zero-order chi connectivity index (χ0) is 8.81. The van der Waals surface area contributed by atoms with Crippen molar-refractivity contribution in [3.8, 4) is 5.75 Å². The summed E-state index contributed by atoms with van der Waals surface area (Å²) in [6, 6.07) is 8.84. The SMILES string of the molecule is O=C(O)OBOc1ccccc1. The van der Waals surface area contributed by atoms with E-state index < -0.39 is 6.16 Å². The van der Waals surface area contributed by atoms with Gasteiger partial charge in [0.1, 0.15) is 5.75 Å². The molecule has 0 saturated heterocycles. The zero-order valence-electron chi connectivity index (χ0n) is 6.27. The average molecular weight is 166 g/mol. The Morgan fingerprint density at radius 2 is 2.00 bits per heavy atom. The van der Waals surface area contributed by atoms with E-state index in [9.17, 15) is 4.79 Å². The van der Waals surface area contributed by atoms with E-state index in [1.54, 1.807) is 24.3 Å². The molecule has 0 bridgehead atoms. The molecule has 0 aromatic heterocycles. The van der Waals surface area contributed by atoms with Gasteiger partial charge in [0.05, 0.1) is 0 Å². The number of hydrogen-bond acceptors (Lipinski definition) is 3. The van der Waals surface area contributed by atoms with Gasteiger partial charge in [-0.3, -0.25) is 0 Å². The summed E-state index contributed by atoms with van der Waals surface area (Å²) in [5.41, 5.74) is 0. The predicted molar refractivity (Wildman–Crippen MR) is 43.3 cm³/mol. The molecule has 0 saturated carbocycles. The molecular formula is C7H7BO4. The van der Waals surface area contributed by atoms with E-state index in [0.29, 0.717) is 5.75 Å². The van der Waals surface area contributed by atoms with Gasteiger partial charge >= 0.3 is 13.8 Å². The van der Waals surface area contributed by atoms with E-state index in [1.165, 1.54) is 0 Å². The van der Waals surface area contributed by atoms with Crippen molar-refractivity contribution in [3.05, 3.63) is 30.3 Å². The van der Waals surface area contributed by atoms with Gasteiger partial charge in [0, 0.05) is 0 Å². The van der Waals surface area contributed by atoms with Gasteiger partial charge in [0.2, 0.25) is 0 Å². The average Bonchev–Trinajstić information content (AvgIpc) is 2.05. The lowest BCUT2D eigenvalue weighted by Gasteiger charge is -2.02. The Kier molecular flexibility index (Phi) is 3.01. The summed E-state index contributed by atoms with van der Waals surface area (Å²) in [6.07, 6.45) is -1.34. The number of para-hydroxylation sites is 1. The maximum atomic E-state index is 9.89. The minimum Gasteiger partial charge on any atom is -0.528 e. The summed E-state index contributed by atoms with van der Waals surface area (Å²) < 4.78 is 9.05.